The second-order valence-corrected chi connectivity index (χ2v) is 8.29. The summed E-state index contributed by atoms with van der Waals surface area (Å²) in [4.78, 5) is 12.6. The summed E-state index contributed by atoms with van der Waals surface area (Å²) in [5, 5.41) is 15.7. The fourth-order valence-electron chi connectivity index (χ4n) is 3.05. The van der Waals surface area contributed by atoms with Crippen molar-refractivity contribution in [1.82, 2.24) is 15.4 Å². The number of fused-ring (bicyclic) bond motifs is 2. The van der Waals surface area contributed by atoms with Crippen LogP contribution >= 0.6 is 23.1 Å². The molecular formula is C19H14N4O4S2. The van der Waals surface area contributed by atoms with Gasteiger partial charge in [-0.2, -0.15) is 0 Å². The molecule has 1 amide bonds. The SMILES string of the molecule is CSc1nnc(NC(=O)c2onc3ccc(Cc4ccc5c(c4)OCO5)cc23)s1. The first kappa shape index (κ1) is 18.0. The number of anilines is 1. The zero-order valence-electron chi connectivity index (χ0n) is 15.2. The molecule has 2 aromatic heterocycles. The molecule has 0 saturated heterocycles. The Morgan fingerprint density at radius 3 is 2.83 bits per heavy atom. The zero-order valence-corrected chi connectivity index (χ0v) is 16.8. The van der Waals surface area contributed by atoms with Gasteiger partial charge in [-0.3, -0.25) is 10.1 Å². The molecule has 0 unspecified atom stereocenters. The first-order valence-electron chi connectivity index (χ1n) is 8.65. The quantitative estimate of drug-likeness (QED) is 0.378. The molecule has 0 saturated carbocycles. The second kappa shape index (κ2) is 7.37. The molecule has 5 rings (SSSR count). The van der Waals surface area contributed by atoms with Crippen LogP contribution in [0.1, 0.15) is 21.7 Å². The highest BCUT2D eigenvalue weighted by atomic mass is 32.2. The van der Waals surface area contributed by atoms with E-state index >= 15 is 0 Å². The lowest BCUT2D eigenvalue weighted by molar-refractivity contribution is 0.0990. The van der Waals surface area contributed by atoms with Gasteiger partial charge in [-0.05, 0) is 48.1 Å². The van der Waals surface area contributed by atoms with Crippen molar-refractivity contribution < 1.29 is 18.8 Å². The minimum Gasteiger partial charge on any atom is -0.454 e. The van der Waals surface area contributed by atoms with E-state index in [1.165, 1.54) is 23.1 Å². The van der Waals surface area contributed by atoms with Crippen molar-refractivity contribution in [2.75, 3.05) is 18.4 Å². The van der Waals surface area contributed by atoms with Crippen molar-refractivity contribution in [3.8, 4) is 11.5 Å². The lowest BCUT2D eigenvalue weighted by Gasteiger charge is -2.04. The molecule has 0 aliphatic carbocycles. The van der Waals surface area contributed by atoms with Crippen LogP contribution in [0.5, 0.6) is 11.5 Å². The van der Waals surface area contributed by atoms with E-state index in [4.69, 9.17) is 14.0 Å². The number of rotatable bonds is 5. The minimum absolute atomic E-state index is 0.147. The minimum atomic E-state index is -0.406. The number of ether oxygens (including phenoxy) is 2. The monoisotopic (exact) mass is 426 g/mol. The largest absolute Gasteiger partial charge is 0.454 e. The Bertz CT molecular complexity index is 1220. The molecule has 0 bridgehead atoms. The third kappa shape index (κ3) is 3.52. The van der Waals surface area contributed by atoms with Crippen molar-refractivity contribution in [3.05, 3.63) is 53.3 Å². The van der Waals surface area contributed by atoms with Crippen LogP contribution in [0.15, 0.2) is 45.3 Å². The summed E-state index contributed by atoms with van der Waals surface area (Å²) in [6, 6.07) is 11.6. The number of carbonyl (C=O) groups is 1. The van der Waals surface area contributed by atoms with E-state index < -0.39 is 5.91 Å². The molecule has 4 aromatic rings. The zero-order chi connectivity index (χ0) is 19.8. The van der Waals surface area contributed by atoms with E-state index in [9.17, 15) is 4.79 Å². The maximum atomic E-state index is 12.6. The normalized spacial score (nSPS) is 12.4. The highest BCUT2D eigenvalue weighted by Gasteiger charge is 2.19. The van der Waals surface area contributed by atoms with Crippen molar-refractivity contribution in [2.24, 2.45) is 0 Å². The van der Waals surface area contributed by atoms with Crippen molar-refractivity contribution in [2.45, 2.75) is 10.8 Å². The highest BCUT2D eigenvalue weighted by Crippen LogP contribution is 2.33. The smallest absolute Gasteiger partial charge is 0.296 e. The summed E-state index contributed by atoms with van der Waals surface area (Å²) in [5.74, 6) is 1.24. The van der Waals surface area contributed by atoms with Gasteiger partial charge in [0.2, 0.25) is 17.7 Å². The Morgan fingerprint density at radius 2 is 1.97 bits per heavy atom. The number of thioether (sulfide) groups is 1. The lowest BCUT2D eigenvalue weighted by Crippen LogP contribution is -2.11. The molecule has 0 spiro atoms. The standard InChI is InChI=1S/C19H14N4O4S2/c1-28-19-22-21-18(29-19)20-17(24)16-12-7-10(2-4-13(12)23-27-16)6-11-3-5-14-15(8-11)26-9-25-14/h2-5,7-8H,6,9H2,1H3,(H,20,21,24). The summed E-state index contributed by atoms with van der Waals surface area (Å²) in [6.07, 6.45) is 2.57. The third-order valence-electron chi connectivity index (χ3n) is 4.39. The first-order valence-corrected chi connectivity index (χ1v) is 10.7. The van der Waals surface area contributed by atoms with Crippen LogP contribution in [0, 0.1) is 0 Å². The number of aromatic nitrogens is 3. The van der Waals surface area contributed by atoms with Crippen molar-refractivity contribution >= 4 is 45.0 Å². The molecule has 0 radical (unpaired) electrons. The Kier molecular flexibility index (Phi) is 4.57. The Balaban J connectivity index is 1.40. The summed E-state index contributed by atoms with van der Waals surface area (Å²) in [6.45, 7) is 0.247. The van der Waals surface area contributed by atoms with Crippen molar-refractivity contribution in [3.63, 3.8) is 0 Å². The molecule has 0 fully saturated rings. The van der Waals surface area contributed by atoms with Gasteiger partial charge in [0.05, 0.1) is 5.39 Å². The average molecular weight is 426 g/mol. The van der Waals surface area contributed by atoms with E-state index in [1.807, 2.05) is 42.7 Å². The Morgan fingerprint density at radius 1 is 1.14 bits per heavy atom. The van der Waals surface area contributed by atoms with Gasteiger partial charge in [0.1, 0.15) is 5.52 Å². The predicted molar refractivity (Wildman–Crippen MR) is 109 cm³/mol. The number of nitrogens with one attached hydrogen (secondary N) is 1. The number of hydrogen-bond donors (Lipinski definition) is 1. The van der Waals surface area contributed by atoms with Gasteiger partial charge in [-0.15, -0.1) is 10.2 Å². The van der Waals surface area contributed by atoms with Gasteiger partial charge in [-0.1, -0.05) is 40.4 Å². The molecule has 29 heavy (non-hydrogen) atoms. The number of hydrogen-bond acceptors (Lipinski definition) is 9. The van der Waals surface area contributed by atoms with Gasteiger partial charge < -0.3 is 14.0 Å². The van der Waals surface area contributed by atoms with Crippen LogP contribution in [-0.4, -0.2) is 34.3 Å². The number of carbonyl (C=O) groups excluding carboxylic acids is 1. The molecule has 1 aliphatic rings. The maximum Gasteiger partial charge on any atom is 0.296 e. The molecule has 8 nitrogen and oxygen atoms in total. The summed E-state index contributed by atoms with van der Waals surface area (Å²) >= 11 is 2.77. The number of nitrogens with zero attached hydrogens (tertiary/aromatic N) is 3. The average Bonchev–Trinajstić information content (AvgIpc) is 3.46. The second-order valence-electron chi connectivity index (χ2n) is 6.26. The molecule has 1 N–H and O–H groups in total. The van der Waals surface area contributed by atoms with Crippen LogP contribution < -0.4 is 14.8 Å². The molecule has 3 heterocycles. The molecule has 1 aliphatic heterocycles. The van der Waals surface area contributed by atoms with Crippen LogP contribution in [0.2, 0.25) is 0 Å². The first-order chi connectivity index (χ1) is 14.2. The molecule has 146 valence electrons. The van der Waals surface area contributed by atoms with Gasteiger partial charge in [-0.25, -0.2) is 0 Å². The van der Waals surface area contributed by atoms with Crippen LogP contribution in [0.3, 0.4) is 0 Å². The van der Waals surface area contributed by atoms with E-state index in [2.05, 4.69) is 20.7 Å². The highest BCUT2D eigenvalue weighted by molar-refractivity contribution is 8.00. The predicted octanol–water partition coefficient (Wildman–Crippen LogP) is 3.97. The molecule has 10 heteroatoms. The van der Waals surface area contributed by atoms with Crippen LogP contribution in [-0.2, 0) is 6.42 Å². The van der Waals surface area contributed by atoms with E-state index in [0.717, 1.165) is 27.0 Å². The summed E-state index contributed by atoms with van der Waals surface area (Å²) < 4.78 is 16.9. The van der Waals surface area contributed by atoms with Gasteiger partial charge in [0.15, 0.2) is 15.8 Å². The maximum absolute atomic E-state index is 12.6. The Hall–Kier alpha value is -3.11. The fraction of sp³-hybridized carbons (Fsp3) is 0.158. The van der Waals surface area contributed by atoms with E-state index in [-0.39, 0.29) is 12.6 Å². The molecule has 2 aromatic carbocycles. The van der Waals surface area contributed by atoms with E-state index in [0.29, 0.717) is 22.5 Å². The third-order valence-corrected chi connectivity index (χ3v) is 6.21. The lowest BCUT2D eigenvalue weighted by atomic mass is 10.0. The topological polar surface area (TPSA) is 99.4 Å². The molecular weight excluding hydrogens is 412 g/mol. The van der Waals surface area contributed by atoms with Gasteiger partial charge in [0, 0.05) is 0 Å². The van der Waals surface area contributed by atoms with Crippen LogP contribution in [0.4, 0.5) is 5.13 Å². The molecule has 0 atom stereocenters. The van der Waals surface area contributed by atoms with Gasteiger partial charge >= 0.3 is 0 Å². The fourth-order valence-corrected chi connectivity index (χ4v) is 4.21. The van der Waals surface area contributed by atoms with Gasteiger partial charge in [0.25, 0.3) is 5.91 Å². The van der Waals surface area contributed by atoms with Crippen molar-refractivity contribution in [1.29, 1.82) is 0 Å². The summed E-state index contributed by atoms with van der Waals surface area (Å²) in [7, 11) is 0. The summed E-state index contributed by atoms with van der Waals surface area (Å²) in [5.41, 5.74) is 2.72. The Labute approximate surface area is 173 Å². The number of amides is 1. The van der Waals surface area contributed by atoms with E-state index in [1.54, 1.807) is 0 Å². The van der Waals surface area contributed by atoms with Crippen LogP contribution in [0.25, 0.3) is 10.9 Å². The number of benzene rings is 2.